The fourth-order valence-corrected chi connectivity index (χ4v) is 10.2. The number of unbranched alkanes of at least 4 members (excludes halogenated alkanes) is 2. The van der Waals surface area contributed by atoms with Crippen LogP contribution in [0.1, 0.15) is 76.8 Å². The first-order valence-electron chi connectivity index (χ1n) is 23.6. The number of nitrogens with zero attached hydrogens (tertiary/aromatic N) is 2. The van der Waals surface area contributed by atoms with E-state index in [1.54, 1.807) is 37.5 Å². The highest BCUT2D eigenvalue weighted by molar-refractivity contribution is 7.86. The van der Waals surface area contributed by atoms with E-state index >= 15 is 0 Å². The summed E-state index contributed by atoms with van der Waals surface area (Å²) in [6.45, 7) is 11.2. The number of hydrogen-bond donors (Lipinski definition) is 3. The third-order valence-corrected chi connectivity index (χ3v) is 14.8. The van der Waals surface area contributed by atoms with Gasteiger partial charge < -0.3 is 43.0 Å². The predicted octanol–water partition coefficient (Wildman–Crippen LogP) is 5.98. The first-order valence-corrected chi connectivity index (χ1v) is 28.0. The van der Waals surface area contributed by atoms with E-state index in [9.17, 15) is 48.8 Å². The lowest BCUT2D eigenvalue weighted by atomic mass is 9.76. The Kier molecular flexibility index (Phi) is 23.7. The fourth-order valence-electron chi connectivity index (χ4n) is 8.70. The zero-order chi connectivity index (χ0) is 52.1. The number of hydrogen-bond acceptors (Lipinski definition) is 15. The molecule has 0 saturated heterocycles. The Morgan fingerprint density at radius 1 is 0.690 bits per heavy atom. The molecule has 0 bridgehead atoms. The van der Waals surface area contributed by atoms with E-state index in [0.717, 1.165) is 17.1 Å². The van der Waals surface area contributed by atoms with E-state index < -0.39 is 57.8 Å². The molecular weight excluding hydrogens is 985 g/mol. The maximum atomic E-state index is 12.4. The van der Waals surface area contributed by atoms with Crippen LogP contribution >= 0.6 is 0 Å². The normalized spacial score (nSPS) is 19.1. The standard InChI is InChI=1S/C49H70N2O17S3/c1-5-50-43-20-18-39(70(57,58)59)37-41(43)48(2,22-14-36-69(54,55)56)45(50)15-10-7-6-8-11-16-46-49(3,23-25-64-28-29-66-32-33-68-35-34-67-31-30-65-27-26-63-4)42-38-40(71(60,61)62)19-21-44(42)51(46)24-13-9-12-17-47(52)53/h6-8,10-11,15-16,18-21,37-38H,5,9,12-14,17,22-36H2,1-4H3,(H3-,52,53,54,55,56,57,58,59,60,61,62). The minimum Gasteiger partial charge on any atom is -0.744 e. The lowest BCUT2D eigenvalue weighted by Crippen LogP contribution is -2.33. The van der Waals surface area contributed by atoms with E-state index in [0.29, 0.717) is 122 Å². The molecule has 2 aromatic carbocycles. The Hall–Kier alpha value is -4.17. The number of carboxylic acids is 1. The van der Waals surface area contributed by atoms with Crippen molar-refractivity contribution in [2.45, 2.75) is 86.3 Å². The van der Waals surface area contributed by atoms with Crippen molar-refractivity contribution in [2.24, 2.45) is 0 Å². The molecule has 2 aliphatic heterocycles. The molecule has 0 radical (unpaired) electrons. The smallest absolute Gasteiger partial charge is 0.303 e. The summed E-state index contributed by atoms with van der Waals surface area (Å²) in [5, 5.41) is 9.20. The largest absolute Gasteiger partial charge is 0.744 e. The van der Waals surface area contributed by atoms with Gasteiger partial charge in [0.15, 0.2) is 5.71 Å². The van der Waals surface area contributed by atoms with Crippen LogP contribution < -0.4 is 4.90 Å². The highest BCUT2D eigenvalue weighted by Crippen LogP contribution is 2.51. The fraction of sp³-hybridized carbons (Fsp3) is 0.551. The lowest BCUT2D eigenvalue weighted by Gasteiger charge is -2.30. The lowest BCUT2D eigenvalue weighted by molar-refractivity contribution is -0.438. The molecule has 0 spiro atoms. The molecule has 3 N–H and O–H groups in total. The van der Waals surface area contributed by atoms with Gasteiger partial charge in [0, 0.05) is 67.6 Å². The van der Waals surface area contributed by atoms with Crippen molar-refractivity contribution < 1.29 is 81.8 Å². The minimum atomic E-state index is -4.79. The van der Waals surface area contributed by atoms with E-state index in [2.05, 4.69) is 4.58 Å². The first-order chi connectivity index (χ1) is 33.7. The number of aliphatic carboxylic acids is 1. The van der Waals surface area contributed by atoms with Gasteiger partial charge >= 0.3 is 5.97 Å². The van der Waals surface area contributed by atoms with E-state index in [1.165, 1.54) is 24.3 Å². The molecule has 396 valence electrons. The van der Waals surface area contributed by atoms with Crippen molar-refractivity contribution in [3.05, 3.63) is 95.8 Å². The average molecular weight is 1060 g/mol. The van der Waals surface area contributed by atoms with Crippen LogP contribution in [-0.4, -0.2) is 159 Å². The van der Waals surface area contributed by atoms with Crippen molar-refractivity contribution in [3.63, 3.8) is 0 Å². The van der Waals surface area contributed by atoms with Crippen molar-refractivity contribution in [1.29, 1.82) is 0 Å². The van der Waals surface area contributed by atoms with Crippen LogP contribution in [-0.2, 0) is 74.4 Å². The maximum Gasteiger partial charge on any atom is 0.303 e. The number of rotatable bonds is 35. The van der Waals surface area contributed by atoms with Crippen molar-refractivity contribution in [2.75, 3.05) is 104 Å². The van der Waals surface area contributed by atoms with Gasteiger partial charge in [-0.2, -0.15) is 21.4 Å². The molecule has 4 rings (SSSR count). The second kappa shape index (κ2) is 28.3. The Bertz CT molecular complexity index is 2580. The first kappa shape index (κ1) is 59.4. The van der Waals surface area contributed by atoms with Crippen molar-refractivity contribution >= 4 is 53.4 Å². The SMILES string of the molecule is CCN1/C(=C/C=C/C=C/C=C/C2=[N+](CCCCCC(=O)O)c3ccc(S(=O)(=O)O)cc3C2(C)CCOCCOCCOCCOCCOCCOC)C(C)(CCCS(=O)(=O)O)c2cc(S(=O)(=O)[O-])ccc21. The molecule has 0 fully saturated rings. The van der Waals surface area contributed by atoms with Crippen LogP contribution in [0.4, 0.5) is 11.4 Å². The van der Waals surface area contributed by atoms with Crippen LogP contribution in [0.25, 0.3) is 0 Å². The molecule has 0 aliphatic carbocycles. The second-order valence-electron chi connectivity index (χ2n) is 17.3. The van der Waals surface area contributed by atoms with Crippen LogP contribution in [0, 0.1) is 0 Å². The van der Waals surface area contributed by atoms with Crippen LogP contribution in [0.15, 0.2) is 94.4 Å². The molecule has 71 heavy (non-hydrogen) atoms. The molecule has 0 saturated carbocycles. The molecule has 2 atom stereocenters. The molecule has 0 aromatic heterocycles. The Balaban J connectivity index is 1.52. The van der Waals surface area contributed by atoms with Gasteiger partial charge in [0.05, 0.1) is 87.0 Å². The minimum absolute atomic E-state index is 0.0381. The summed E-state index contributed by atoms with van der Waals surface area (Å²) in [7, 11) is -12.0. The number of fused-ring (bicyclic) bond motifs is 2. The quantitative estimate of drug-likeness (QED) is 0.0310. The van der Waals surface area contributed by atoms with Crippen LogP contribution in [0.3, 0.4) is 0 Å². The molecule has 2 aliphatic rings. The van der Waals surface area contributed by atoms with E-state index in [-0.39, 0.29) is 30.8 Å². The molecule has 2 unspecified atom stereocenters. The summed E-state index contributed by atoms with van der Waals surface area (Å²) in [6.07, 6.45) is 15.3. The number of likely N-dealkylation sites (N-methyl/N-ethyl adjacent to an activating group) is 1. The highest BCUT2D eigenvalue weighted by atomic mass is 32.2. The van der Waals surface area contributed by atoms with E-state index in [1.807, 2.05) is 50.0 Å². The van der Waals surface area contributed by atoms with Gasteiger partial charge in [-0.25, -0.2) is 8.42 Å². The van der Waals surface area contributed by atoms with Gasteiger partial charge in [-0.1, -0.05) is 30.4 Å². The second-order valence-corrected chi connectivity index (χ2v) is 21.7. The van der Waals surface area contributed by atoms with Crippen molar-refractivity contribution in [1.82, 2.24) is 0 Å². The number of allylic oxidation sites excluding steroid dienone is 8. The van der Waals surface area contributed by atoms with E-state index in [4.69, 9.17) is 28.4 Å². The number of anilines is 1. The van der Waals surface area contributed by atoms with Crippen LogP contribution in [0.5, 0.6) is 0 Å². The highest BCUT2D eigenvalue weighted by Gasteiger charge is 2.48. The van der Waals surface area contributed by atoms with Gasteiger partial charge in [0.25, 0.3) is 20.2 Å². The van der Waals surface area contributed by atoms with Gasteiger partial charge in [-0.05, 0) is 94.8 Å². The molecule has 19 nitrogen and oxygen atoms in total. The van der Waals surface area contributed by atoms with Crippen LogP contribution in [0.2, 0.25) is 0 Å². The van der Waals surface area contributed by atoms with Crippen molar-refractivity contribution in [3.8, 4) is 0 Å². The molecule has 2 aromatic rings. The molecule has 2 heterocycles. The Morgan fingerprint density at radius 2 is 1.25 bits per heavy atom. The topological polar surface area (TPSA) is 265 Å². The number of ether oxygens (including phenoxy) is 6. The summed E-state index contributed by atoms with van der Waals surface area (Å²) < 4.78 is 139. The monoisotopic (exact) mass is 1050 g/mol. The summed E-state index contributed by atoms with van der Waals surface area (Å²) in [6, 6.07) is 8.66. The zero-order valence-corrected chi connectivity index (χ0v) is 43.5. The molecule has 22 heteroatoms. The molecule has 0 amide bonds. The summed E-state index contributed by atoms with van der Waals surface area (Å²) in [5.74, 6) is -1.38. The summed E-state index contributed by atoms with van der Waals surface area (Å²) in [4.78, 5) is 12.5. The van der Waals surface area contributed by atoms with Gasteiger partial charge in [0.1, 0.15) is 16.7 Å². The third-order valence-electron chi connectivity index (χ3n) is 12.3. The Morgan fingerprint density at radius 3 is 1.82 bits per heavy atom. The number of methoxy groups -OCH3 is 1. The number of benzene rings is 2. The Labute approximate surface area is 419 Å². The van der Waals surface area contributed by atoms with Gasteiger partial charge in [-0.3, -0.25) is 13.9 Å². The summed E-state index contributed by atoms with van der Waals surface area (Å²) >= 11 is 0. The number of carbonyl (C=O) groups is 1. The maximum absolute atomic E-state index is 12.4. The van der Waals surface area contributed by atoms with Gasteiger partial charge in [-0.15, -0.1) is 0 Å². The molecular formula is C49H70N2O17S3. The van der Waals surface area contributed by atoms with Gasteiger partial charge in [0.2, 0.25) is 5.69 Å². The number of carboxylic acid groups (broad SMARTS) is 1. The zero-order valence-electron chi connectivity index (χ0n) is 41.0. The predicted molar refractivity (Wildman–Crippen MR) is 266 cm³/mol. The third kappa shape index (κ3) is 18.1. The summed E-state index contributed by atoms with van der Waals surface area (Å²) in [5.41, 5.74) is 2.48. The average Bonchev–Trinajstić information content (AvgIpc) is 3.67.